The molecule has 0 spiro atoms. The Kier molecular flexibility index (Phi) is 6.48. The maximum Gasteiger partial charge on any atom is 0.231 e. The molecule has 0 atom stereocenters. The molecule has 0 aliphatic carbocycles. The summed E-state index contributed by atoms with van der Waals surface area (Å²) in [6, 6.07) is 8.90. The van der Waals surface area contributed by atoms with Crippen LogP contribution in [0.2, 0.25) is 0 Å². The highest BCUT2D eigenvalue weighted by atomic mass is 16.5. The number of methoxy groups -OCH3 is 2. The number of hydrogen-bond acceptors (Lipinski definition) is 7. The molecule has 1 N–H and O–H groups in total. The minimum absolute atomic E-state index is 0.0122. The molecule has 0 unspecified atom stereocenters. The predicted octanol–water partition coefficient (Wildman–Crippen LogP) is 2.35. The molecule has 2 heterocycles. The lowest BCUT2D eigenvalue weighted by molar-refractivity contribution is -0.121. The Morgan fingerprint density at radius 1 is 1.14 bits per heavy atom. The van der Waals surface area contributed by atoms with Crippen LogP contribution in [-0.2, 0) is 4.79 Å². The Morgan fingerprint density at radius 2 is 1.97 bits per heavy atom. The van der Waals surface area contributed by atoms with Gasteiger partial charge in [0, 0.05) is 12.5 Å². The molecule has 0 fully saturated rings. The molecule has 154 valence electrons. The van der Waals surface area contributed by atoms with Gasteiger partial charge in [0.05, 0.1) is 26.3 Å². The Bertz CT molecular complexity index is 986. The first-order valence-electron chi connectivity index (χ1n) is 9.36. The van der Waals surface area contributed by atoms with Crippen molar-refractivity contribution in [3.8, 4) is 28.8 Å². The van der Waals surface area contributed by atoms with Gasteiger partial charge in [0.15, 0.2) is 11.5 Å². The number of hydrogen-bond donors (Lipinski definition) is 1. The molecule has 0 aliphatic heterocycles. The molecule has 3 rings (SSSR count). The third kappa shape index (κ3) is 4.92. The zero-order valence-corrected chi connectivity index (χ0v) is 17.0. The normalized spacial score (nSPS) is 10.9. The van der Waals surface area contributed by atoms with E-state index in [9.17, 15) is 4.79 Å². The summed E-state index contributed by atoms with van der Waals surface area (Å²) < 4.78 is 18.0. The highest BCUT2D eigenvalue weighted by molar-refractivity contribution is 5.76. The second-order valence-corrected chi connectivity index (χ2v) is 6.83. The summed E-state index contributed by atoms with van der Waals surface area (Å²) in [7, 11) is 3.18. The van der Waals surface area contributed by atoms with E-state index in [1.807, 2.05) is 19.9 Å². The van der Waals surface area contributed by atoms with Gasteiger partial charge >= 0.3 is 0 Å². The fourth-order valence-corrected chi connectivity index (χ4v) is 2.79. The summed E-state index contributed by atoms with van der Waals surface area (Å²) in [4.78, 5) is 11.7. The van der Waals surface area contributed by atoms with Gasteiger partial charge in [0.25, 0.3) is 0 Å². The lowest BCUT2D eigenvalue weighted by Gasteiger charge is -2.10. The van der Waals surface area contributed by atoms with Gasteiger partial charge in [0.1, 0.15) is 18.1 Å². The fraction of sp³-hybridized carbons (Fsp3) is 0.400. The van der Waals surface area contributed by atoms with Gasteiger partial charge in [-0.3, -0.25) is 4.79 Å². The Morgan fingerprint density at radius 3 is 2.69 bits per heavy atom. The smallest absolute Gasteiger partial charge is 0.231 e. The first-order valence-corrected chi connectivity index (χ1v) is 9.36. The number of amides is 1. The van der Waals surface area contributed by atoms with Gasteiger partial charge in [-0.1, -0.05) is 13.8 Å². The van der Waals surface area contributed by atoms with E-state index < -0.39 is 0 Å². The van der Waals surface area contributed by atoms with Crippen LogP contribution in [0.4, 0.5) is 0 Å². The Balaban J connectivity index is 1.76. The van der Waals surface area contributed by atoms with Crippen LogP contribution in [-0.4, -0.2) is 53.1 Å². The number of nitrogens with zero attached hydrogens (tertiary/aromatic N) is 4. The summed E-state index contributed by atoms with van der Waals surface area (Å²) in [5.74, 6) is 2.53. The number of aromatic nitrogens is 4. The molecule has 9 heteroatoms. The second kappa shape index (κ2) is 9.22. The summed E-state index contributed by atoms with van der Waals surface area (Å²) in [5, 5.41) is 15.7. The second-order valence-electron chi connectivity index (χ2n) is 6.83. The van der Waals surface area contributed by atoms with Gasteiger partial charge in [0.2, 0.25) is 11.8 Å². The molecule has 29 heavy (non-hydrogen) atoms. The largest absolute Gasteiger partial charge is 0.497 e. The number of nitrogens with one attached hydrogen (secondary N) is 1. The van der Waals surface area contributed by atoms with E-state index in [2.05, 4.69) is 20.6 Å². The molecule has 1 amide bonds. The highest BCUT2D eigenvalue weighted by Gasteiger charge is 2.16. The molecule has 0 aliphatic rings. The van der Waals surface area contributed by atoms with E-state index in [-0.39, 0.29) is 5.91 Å². The monoisotopic (exact) mass is 399 g/mol. The predicted molar refractivity (Wildman–Crippen MR) is 107 cm³/mol. The van der Waals surface area contributed by atoms with Crippen molar-refractivity contribution in [2.24, 2.45) is 5.92 Å². The molecule has 0 bridgehead atoms. The quantitative estimate of drug-likeness (QED) is 0.551. The van der Waals surface area contributed by atoms with Crippen LogP contribution in [0.5, 0.6) is 17.4 Å². The third-order valence-electron chi connectivity index (χ3n) is 4.15. The van der Waals surface area contributed by atoms with Crippen molar-refractivity contribution in [1.29, 1.82) is 0 Å². The lowest BCUT2D eigenvalue weighted by atomic mass is 10.1. The van der Waals surface area contributed by atoms with E-state index in [4.69, 9.17) is 14.2 Å². The van der Waals surface area contributed by atoms with Crippen LogP contribution >= 0.6 is 0 Å². The van der Waals surface area contributed by atoms with Crippen molar-refractivity contribution >= 4 is 11.6 Å². The third-order valence-corrected chi connectivity index (χ3v) is 4.15. The minimum Gasteiger partial charge on any atom is -0.497 e. The molecule has 0 radical (unpaired) electrons. The number of ether oxygens (including phenoxy) is 3. The van der Waals surface area contributed by atoms with Crippen molar-refractivity contribution in [2.75, 3.05) is 27.4 Å². The van der Waals surface area contributed by atoms with Gasteiger partial charge in [-0.25, -0.2) is 0 Å². The first kappa shape index (κ1) is 20.4. The standard InChI is InChI=1S/C20H25N5O4/c1-13(2)11-18(26)21-9-10-29-19-8-7-17-22-23-20(25(17)24-19)15-12-14(27-3)5-6-16(15)28-4/h5-8,12-13H,9-11H2,1-4H3,(H,21,26). The molecule has 2 aromatic heterocycles. The number of rotatable bonds is 9. The molecule has 0 saturated carbocycles. The molecule has 3 aromatic rings. The summed E-state index contributed by atoms with van der Waals surface area (Å²) >= 11 is 0. The average molecular weight is 399 g/mol. The average Bonchev–Trinajstić information content (AvgIpc) is 3.13. The van der Waals surface area contributed by atoms with Gasteiger partial charge in [-0.15, -0.1) is 15.3 Å². The summed E-state index contributed by atoms with van der Waals surface area (Å²) in [6.07, 6.45) is 0.497. The van der Waals surface area contributed by atoms with Crippen molar-refractivity contribution in [2.45, 2.75) is 20.3 Å². The maximum atomic E-state index is 11.7. The van der Waals surface area contributed by atoms with Crippen molar-refractivity contribution < 1.29 is 19.0 Å². The van der Waals surface area contributed by atoms with Gasteiger partial charge < -0.3 is 19.5 Å². The van der Waals surface area contributed by atoms with E-state index >= 15 is 0 Å². The first-order chi connectivity index (χ1) is 14.0. The van der Waals surface area contributed by atoms with E-state index in [0.717, 1.165) is 0 Å². The molecule has 9 nitrogen and oxygen atoms in total. The summed E-state index contributed by atoms with van der Waals surface area (Å²) in [5.41, 5.74) is 1.27. The van der Waals surface area contributed by atoms with Crippen molar-refractivity contribution in [3.05, 3.63) is 30.3 Å². The Labute approximate surface area is 169 Å². The van der Waals surface area contributed by atoms with Crippen molar-refractivity contribution in [3.63, 3.8) is 0 Å². The van der Waals surface area contributed by atoms with E-state index in [1.165, 1.54) is 0 Å². The van der Waals surface area contributed by atoms with Crippen LogP contribution in [0.3, 0.4) is 0 Å². The zero-order valence-electron chi connectivity index (χ0n) is 17.0. The number of fused-ring (bicyclic) bond motifs is 1. The van der Waals surface area contributed by atoms with E-state index in [0.29, 0.717) is 59.9 Å². The molecular weight excluding hydrogens is 374 g/mol. The number of carbonyl (C=O) groups is 1. The lowest BCUT2D eigenvalue weighted by Crippen LogP contribution is -2.29. The minimum atomic E-state index is 0.0122. The number of carbonyl (C=O) groups excluding carboxylic acids is 1. The van der Waals surface area contributed by atoms with Crippen LogP contribution < -0.4 is 19.5 Å². The Hall–Kier alpha value is -3.36. The fourth-order valence-electron chi connectivity index (χ4n) is 2.79. The number of benzene rings is 1. The van der Waals surface area contributed by atoms with Crippen LogP contribution in [0, 0.1) is 5.92 Å². The van der Waals surface area contributed by atoms with Crippen LogP contribution in [0.1, 0.15) is 20.3 Å². The van der Waals surface area contributed by atoms with Gasteiger partial charge in [-0.05, 0) is 30.2 Å². The molecular formula is C20H25N5O4. The van der Waals surface area contributed by atoms with Crippen molar-refractivity contribution in [1.82, 2.24) is 25.1 Å². The SMILES string of the molecule is COc1ccc(OC)c(-c2nnc3ccc(OCCNC(=O)CC(C)C)nn23)c1. The van der Waals surface area contributed by atoms with Crippen LogP contribution in [0.15, 0.2) is 30.3 Å². The topological polar surface area (TPSA) is 99.9 Å². The van der Waals surface area contributed by atoms with Crippen LogP contribution in [0.25, 0.3) is 17.0 Å². The van der Waals surface area contributed by atoms with Gasteiger partial charge in [-0.2, -0.15) is 4.52 Å². The summed E-state index contributed by atoms with van der Waals surface area (Å²) in [6.45, 7) is 4.72. The zero-order chi connectivity index (χ0) is 20.8. The molecule has 0 saturated heterocycles. The molecule has 1 aromatic carbocycles. The highest BCUT2D eigenvalue weighted by Crippen LogP contribution is 2.32. The maximum absolute atomic E-state index is 11.7. The van der Waals surface area contributed by atoms with E-state index in [1.54, 1.807) is 43.0 Å².